The van der Waals surface area contributed by atoms with Gasteiger partial charge >= 0.3 is 53.7 Å². The second-order valence-corrected chi connectivity index (χ2v) is 27.8. The van der Waals surface area contributed by atoms with Gasteiger partial charge in [0, 0.05) is 149 Å². The number of Topliss-reactive ketones (excluding diaryl/α,β-unsaturated/α-hetero) is 3. The second kappa shape index (κ2) is 59.8. The van der Waals surface area contributed by atoms with E-state index in [9.17, 15) is 81.5 Å². The van der Waals surface area contributed by atoms with Crippen molar-refractivity contribution in [2.45, 2.75) is 258 Å². The van der Waals surface area contributed by atoms with Crippen molar-refractivity contribution in [2.75, 3.05) is 133 Å². The molecule has 3 heterocycles. The number of carbonyl (C=O) groups is 17. The van der Waals surface area contributed by atoms with Crippen molar-refractivity contribution in [2.24, 2.45) is 0 Å². The summed E-state index contributed by atoms with van der Waals surface area (Å²) in [4.78, 5) is 216. The Labute approximate surface area is 700 Å². The summed E-state index contributed by atoms with van der Waals surface area (Å²) in [5.74, 6) is -11.5. The van der Waals surface area contributed by atoms with Gasteiger partial charge in [-0.3, -0.25) is 81.5 Å². The fraction of sp³-hybridized carbons (Fsp3) is 0.779. The first-order valence-corrected chi connectivity index (χ1v) is 39.7. The van der Waals surface area contributed by atoms with E-state index < -0.39 is 225 Å². The minimum Gasteiger partial charge on any atom is -0.463 e. The molecule has 44 heteroatoms. The maximum absolute atomic E-state index is 14.2. The molecule has 44 nitrogen and oxygen atoms in total. The van der Waals surface area contributed by atoms with Gasteiger partial charge < -0.3 is 131 Å². The van der Waals surface area contributed by atoms with Crippen LogP contribution in [0.2, 0.25) is 0 Å². The lowest BCUT2D eigenvalue weighted by molar-refractivity contribution is -0.279. The molecule has 0 spiro atoms. The summed E-state index contributed by atoms with van der Waals surface area (Å²) in [5.41, 5.74) is 0. The van der Waals surface area contributed by atoms with Crippen LogP contribution in [-0.4, -0.2) is 337 Å². The molecule has 0 aromatic carbocycles. The molecule has 688 valence electrons. The van der Waals surface area contributed by atoms with Crippen LogP contribution in [0, 0.1) is 0 Å². The quantitative estimate of drug-likeness (QED) is 0.0269. The zero-order valence-corrected chi connectivity index (χ0v) is 70.9. The number of rotatable bonds is 61. The van der Waals surface area contributed by atoms with Gasteiger partial charge in [-0.25, -0.2) is 0 Å². The fourth-order valence-corrected chi connectivity index (χ4v) is 12.4. The Morgan fingerprint density at radius 3 is 0.868 bits per heavy atom. The van der Waals surface area contributed by atoms with E-state index in [0.717, 1.165) is 62.3 Å². The minimum atomic E-state index is -1.40. The first kappa shape index (κ1) is 106. The molecule has 5 amide bonds. The summed E-state index contributed by atoms with van der Waals surface area (Å²) < 4.78 is 123. The molecule has 17 atom stereocenters. The van der Waals surface area contributed by atoms with Gasteiger partial charge in [-0.1, -0.05) is 0 Å². The van der Waals surface area contributed by atoms with Crippen molar-refractivity contribution in [1.29, 1.82) is 0 Å². The summed E-state index contributed by atoms with van der Waals surface area (Å²) in [6.45, 7) is 12.4. The number of amides is 5. The van der Waals surface area contributed by atoms with E-state index in [1.54, 1.807) is 7.11 Å². The zero-order chi connectivity index (χ0) is 89.9. The van der Waals surface area contributed by atoms with E-state index in [0.29, 0.717) is 19.8 Å². The lowest BCUT2D eigenvalue weighted by atomic mass is 9.96. The summed E-state index contributed by atoms with van der Waals surface area (Å²) in [6.07, 6.45) is -17.6. The van der Waals surface area contributed by atoms with Crippen molar-refractivity contribution < 1.29 is 186 Å². The smallest absolute Gasteiger partial charge is 0.303 e. The molecule has 0 aromatic rings. The molecule has 0 aromatic heterocycles. The number of esters is 9. The predicted octanol–water partition coefficient (Wildman–Crippen LogP) is -1.28. The molecule has 0 saturated carbocycles. The molecule has 121 heavy (non-hydrogen) atoms. The Morgan fingerprint density at radius 1 is 0.289 bits per heavy atom. The second-order valence-electron chi connectivity index (χ2n) is 27.8. The number of ketones is 3. The van der Waals surface area contributed by atoms with Gasteiger partial charge in [0.15, 0.2) is 67.1 Å². The molecule has 3 aliphatic rings. The summed E-state index contributed by atoms with van der Waals surface area (Å²) in [6, 6.07) is -6.31. The van der Waals surface area contributed by atoms with E-state index in [1.165, 1.54) is 20.8 Å². The van der Waals surface area contributed by atoms with Crippen molar-refractivity contribution in [1.82, 2.24) is 26.6 Å². The number of hydrogen-bond acceptors (Lipinski definition) is 39. The maximum Gasteiger partial charge on any atom is 0.303 e. The largest absolute Gasteiger partial charge is 0.463 e. The van der Waals surface area contributed by atoms with Crippen LogP contribution in [-0.2, 0) is 186 Å². The third-order valence-corrected chi connectivity index (χ3v) is 17.4. The Kier molecular flexibility index (Phi) is 52.5. The average Bonchev–Trinajstić information content (AvgIpc) is 0.797. The maximum atomic E-state index is 14.2. The van der Waals surface area contributed by atoms with Crippen LogP contribution in [0.4, 0.5) is 0 Å². The predicted molar refractivity (Wildman–Crippen MR) is 406 cm³/mol. The van der Waals surface area contributed by atoms with E-state index >= 15 is 0 Å². The highest BCUT2D eigenvalue weighted by atomic mass is 16.7. The zero-order valence-electron chi connectivity index (χ0n) is 70.9. The first-order valence-electron chi connectivity index (χ1n) is 39.7. The number of carbonyl (C=O) groups excluding carboxylic acids is 17. The molecule has 3 rings (SSSR count). The van der Waals surface area contributed by atoms with Crippen LogP contribution in [0.5, 0.6) is 0 Å². The van der Waals surface area contributed by atoms with Crippen LogP contribution >= 0.6 is 0 Å². The SMILES string of the molecule is COCCOCCOCCOCCC(=O)NC(CCC(=O)NC(CCC(=O)CCCOCCOC1OC(COC(C)=O)C(OC(C)=O)C(OC(C)=O)C1NC(C)=O)C(=O)CCCOCCOC1OC(COC(C)=O)C(OC(C)=O)C(OC(C)=O)C1NC(C)=O)C(=O)CCCOCCOC1OC(COC(C)=O)C(OC(C)=O)C(OC(C)=O)C1NC(C)=O. The molecule has 0 aliphatic carbocycles. The topological polar surface area (TPSA) is 553 Å². The van der Waals surface area contributed by atoms with Gasteiger partial charge in [0.1, 0.15) is 62.0 Å². The number of methoxy groups -OCH3 is 1. The third kappa shape index (κ3) is 45.2. The molecule has 3 aliphatic heterocycles. The minimum absolute atomic E-state index is 0.00332. The van der Waals surface area contributed by atoms with Crippen molar-refractivity contribution in [3.63, 3.8) is 0 Å². The van der Waals surface area contributed by atoms with Gasteiger partial charge in [-0.15, -0.1) is 0 Å². The Morgan fingerprint density at radius 2 is 0.562 bits per heavy atom. The van der Waals surface area contributed by atoms with E-state index in [4.69, 9.17) is 104 Å². The van der Waals surface area contributed by atoms with Gasteiger partial charge in [0.05, 0.1) is 98.0 Å². The lowest BCUT2D eigenvalue weighted by Crippen LogP contribution is -2.66. The summed E-state index contributed by atoms with van der Waals surface area (Å²) in [5, 5.41) is 13.2. The Bertz CT molecular complexity index is 3310. The first-order chi connectivity index (χ1) is 57.5. The van der Waals surface area contributed by atoms with Crippen molar-refractivity contribution >= 4 is 101 Å². The molecule has 0 radical (unpaired) electrons. The van der Waals surface area contributed by atoms with Crippen LogP contribution in [0.25, 0.3) is 0 Å². The third-order valence-electron chi connectivity index (χ3n) is 17.4. The van der Waals surface area contributed by atoms with Crippen LogP contribution in [0.3, 0.4) is 0 Å². The molecule has 3 fully saturated rings. The standard InChI is InChI=1S/C77H121N5O39/c1-44(83)78-66-72(116-53(10)92)69(113-50(7)89)61(41-110-47(4)86)119-75(66)107-38-35-101-25-14-17-56(95)20-21-57(59(96)18-15-26-102-36-39-108-76-67(79-45(2)84)73(117-54(11)93)70(114-51(8)90)62(120-76)42-111-48(5)87)81-64(98)23-22-58(82-65(99)24-28-104-31-32-106-34-33-105-30-29-100-13)60(97)19-16-27-103-37-40-109-77-68(80-46(3)85)74(118-55(12)94)71(115-52(9)91)63(121-77)43-112-49(6)88/h57-58,61-63,66-77H,14-43H2,1-13H3,(H,78,83)(H,79,84)(H,80,85)(H,81,98)(H,82,99). The van der Waals surface area contributed by atoms with Crippen LogP contribution in [0.15, 0.2) is 0 Å². The molecule has 17 unspecified atom stereocenters. The molecule has 0 bridgehead atoms. The van der Waals surface area contributed by atoms with Crippen molar-refractivity contribution in [3.8, 4) is 0 Å². The number of ether oxygens (including phenoxy) is 22. The lowest BCUT2D eigenvalue weighted by Gasteiger charge is -2.44. The number of hydrogen-bond donors (Lipinski definition) is 5. The fourth-order valence-electron chi connectivity index (χ4n) is 12.4. The average molecular weight is 1740 g/mol. The highest BCUT2D eigenvalue weighted by Gasteiger charge is 2.54. The number of nitrogens with one attached hydrogen (secondary N) is 5. The normalized spacial score (nSPS) is 22.9. The van der Waals surface area contributed by atoms with Crippen molar-refractivity contribution in [3.05, 3.63) is 0 Å². The molecule has 5 N–H and O–H groups in total. The summed E-state index contributed by atoms with van der Waals surface area (Å²) in [7, 11) is 1.55. The van der Waals surface area contributed by atoms with Crippen LogP contribution in [0.1, 0.15) is 154 Å². The molecular weight excluding hydrogens is 1620 g/mol. The highest BCUT2D eigenvalue weighted by molar-refractivity contribution is 5.92. The molecular formula is C77H121N5O39. The van der Waals surface area contributed by atoms with E-state index in [-0.39, 0.29) is 156 Å². The summed E-state index contributed by atoms with van der Waals surface area (Å²) >= 11 is 0. The monoisotopic (exact) mass is 1740 g/mol. The van der Waals surface area contributed by atoms with Gasteiger partial charge in [0.2, 0.25) is 29.5 Å². The van der Waals surface area contributed by atoms with Gasteiger partial charge in [-0.2, -0.15) is 0 Å². The van der Waals surface area contributed by atoms with E-state index in [1.807, 2.05) is 0 Å². The van der Waals surface area contributed by atoms with Gasteiger partial charge in [0.25, 0.3) is 0 Å². The van der Waals surface area contributed by atoms with E-state index in [2.05, 4.69) is 26.6 Å². The Balaban J connectivity index is 1.81. The van der Waals surface area contributed by atoms with Gasteiger partial charge in [-0.05, 0) is 32.1 Å². The highest BCUT2D eigenvalue weighted by Crippen LogP contribution is 2.32. The molecule has 3 saturated heterocycles. The Hall–Kier alpha value is -8.93. The van der Waals surface area contributed by atoms with Crippen LogP contribution < -0.4 is 26.6 Å².